The molecule has 0 unspecified atom stereocenters. The Morgan fingerprint density at radius 3 is 1.78 bits per heavy atom. The molecule has 0 N–H and O–H groups in total. The van der Waals surface area contributed by atoms with Crippen LogP contribution in [0.1, 0.15) is 32.1 Å². The summed E-state index contributed by atoms with van der Waals surface area (Å²) in [7, 11) is 0. The molecule has 1 saturated carbocycles. The van der Waals surface area contributed by atoms with Crippen molar-refractivity contribution in [3.8, 4) is 0 Å². The van der Waals surface area contributed by atoms with Gasteiger partial charge in [-0.1, -0.05) is 34.9 Å². The summed E-state index contributed by atoms with van der Waals surface area (Å²) in [6.45, 7) is 0. The monoisotopic (exact) mass is 425 g/mol. The molecule has 0 aromatic carbocycles. The zero-order chi connectivity index (χ0) is 6.04. The van der Waals surface area contributed by atoms with Crippen molar-refractivity contribution in [2.75, 3.05) is 0 Å². The van der Waals surface area contributed by atoms with E-state index in [-0.39, 0.29) is 23.8 Å². The second-order valence-corrected chi connectivity index (χ2v) is 6.02. The fourth-order valence-electron chi connectivity index (χ4n) is 1.08. The third-order valence-corrected chi connectivity index (χ3v) is 3.09. The number of hydrogen-bond donors (Lipinski definition) is 0. The average Bonchev–Trinajstić information content (AvgIpc) is 1.65. The quantitative estimate of drug-likeness (QED) is 0.327. The molecule has 0 spiro atoms. The molecule has 0 radical (unpaired) electrons. The zero-order valence-corrected chi connectivity index (χ0v) is 11.1. The third-order valence-electron chi connectivity index (χ3n) is 1.60. The van der Waals surface area contributed by atoms with Crippen LogP contribution in [0.2, 0.25) is 0 Å². The topological polar surface area (TPSA) is 0 Å². The largest absolute Gasteiger partial charge is 0.775 e. The van der Waals surface area contributed by atoms with Crippen molar-refractivity contribution in [2.45, 2.75) is 34.9 Å². The minimum atomic E-state index is 0. The zero-order valence-electron chi connectivity index (χ0n) is 5.23. The summed E-state index contributed by atoms with van der Waals surface area (Å²) in [6, 6.07) is 0. The van der Waals surface area contributed by atoms with E-state index in [4.69, 9.17) is 12.6 Å². The Labute approximate surface area is 90.4 Å². The van der Waals surface area contributed by atoms with Crippen LogP contribution in [-0.4, -0.2) is 2.75 Å². The Kier molecular flexibility index (Phi) is 5.51. The van der Waals surface area contributed by atoms with Crippen LogP contribution in [0.15, 0.2) is 0 Å². The molecule has 54 valence electrons. The van der Waals surface area contributed by atoms with Gasteiger partial charge >= 0.3 is 0 Å². The van der Waals surface area contributed by atoms with Crippen LogP contribution in [0.3, 0.4) is 0 Å². The molecule has 0 aromatic heterocycles. The third kappa shape index (κ3) is 4.26. The number of rotatable bonds is 0. The fourth-order valence-corrected chi connectivity index (χ4v) is 2.13. The minimum absolute atomic E-state index is 0. The summed E-state index contributed by atoms with van der Waals surface area (Å²) in [5.41, 5.74) is 0. The molecule has 0 heterocycles. The Morgan fingerprint density at radius 2 is 1.56 bits per heavy atom. The molecule has 0 atom stereocenters. The van der Waals surface area contributed by atoms with Crippen molar-refractivity contribution >= 4 is 35.2 Å². The normalized spacial score (nSPS) is 24.7. The maximum atomic E-state index is 5.28. The summed E-state index contributed by atoms with van der Waals surface area (Å²) in [5, 5.41) is 0. The smallest absolute Gasteiger partial charge is 0 e. The molecule has 1 aliphatic carbocycles. The summed E-state index contributed by atoms with van der Waals surface area (Å²) >= 11 is 7.69. The van der Waals surface area contributed by atoms with Crippen molar-refractivity contribution in [2.24, 2.45) is 0 Å². The van der Waals surface area contributed by atoms with Gasteiger partial charge in [0, 0.05) is 21.1 Å². The van der Waals surface area contributed by atoms with Crippen LogP contribution >= 0.6 is 22.6 Å². The van der Waals surface area contributed by atoms with Crippen LogP contribution in [0, 0.1) is 0 Å². The van der Waals surface area contributed by atoms with Gasteiger partial charge < -0.3 is 12.6 Å². The maximum Gasteiger partial charge on any atom is 0 e. The van der Waals surface area contributed by atoms with Crippen LogP contribution in [0.4, 0.5) is 0 Å². The van der Waals surface area contributed by atoms with Crippen LogP contribution in [0.25, 0.3) is 0 Å². The van der Waals surface area contributed by atoms with E-state index in [9.17, 15) is 0 Å². The van der Waals surface area contributed by atoms with Crippen LogP contribution < -0.4 is 0 Å². The first-order chi connectivity index (χ1) is 3.71. The standard InChI is InChI=1S/C6H11IS.W/c7-6(8)4-2-1-3-5-6;/h8H,1-5H2;/p-1. The SMILES string of the molecule is [S-]C1(I)CCCCC1.[W]. The second-order valence-electron chi connectivity index (χ2n) is 2.44. The first-order valence-corrected chi connectivity index (χ1v) is 4.59. The van der Waals surface area contributed by atoms with Gasteiger partial charge in [-0.2, -0.15) is 0 Å². The molecular weight excluding hydrogens is 415 g/mol. The molecular formula is C6H10ISW-. The fraction of sp³-hybridized carbons (Fsp3) is 1.00. The molecule has 1 fully saturated rings. The first kappa shape index (κ1) is 10.8. The van der Waals surface area contributed by atoms with E-state index in [1.807, 2.05) is 0 Å². The second kappa shape index (κ2) is 4.61. The average molecular weight is 425 g/mol. The van der Waals surface area contributed by atoms with Gasteiger partial charge in [-0.3, -0.25) is 0 Å². The van der Waals surface area contributed by atoms with Gasteiger partial charge in [-0.05, 0) is 0 Å². The minimum Gasteiger partial charge on any atom is -0.775 e. The van der Waals surface area contributed by atoms with Crippen molar-refractivity contribution in [3.05, 3.63) is 0 Å². The van der Waals surface area contributed by atoms with Gasteiger partial charge in [0.25, 0.3) is 0 Å². The molecule has 0 amide bonds. The van der Waals surface area contributed by atoms with Crippen molar-refractivity contribution in [1.29, 1.82) is 0 Å². The summed E-state index contributed by atoms with van der Waals surface area (Å²) in [5.74, 6) is 0. The predicted molar refractivity (Wildman–Crippen MR) is 47.2 cm³/mol. The summed E-state index contributed by atoms with van der Waals surface area (Å²) in [4.78, 5) is 0. The van der Waals surface area contributed by atoms with E-state index < -0.39 is 0 Å². The van der Waals surface area contributed by atoms with E-state index >= 15 is 0 Å². The van der Waals surface area contributed by atoms with E-state index in [1.165, 1.54) is 32.1 Å². The Bertz CT molecular complexity index is 77.1. The molecule has 0 nitrogen and oxygen atoms in total. The van der Waals surface area contributed by atoms with Gasteiger partial charge in [-0.15, -0.1) is 22.6 Å². The predicted octanol–water partition coefficient (Wildman–Crippen LogP) is 2.63. The molecule has 0 bridgehead atoms. The Balaban J connectivity index is 0.000000640. The molecule has 0 aromatic rings. The van der Waals surface area contributed by atoms with Crippen LogP contribution in [0.5, 0.6) is 0 Å². The summed E-state index contributed by atoms with van der Waals surface area (Å²) in [6.07, 6.45) is 6.62. The van der Waals surface area contributed by atoms with Gasteiger partial charge in [0.2, 0.25) is 0 Å². The van der Waals surface area contributed by atoms with Crippen molar-refractivity contribution in [3.63, 3.8) is 0 Å². The molecule has 1 rings (SSSR count). The Hall–Kier alpha value is 1.77. The number of hydrogen-bond acceptors (Lipinski definition) is 1. The molecule has 1 aliphatic rings. The molecule has 0 saturated heterocycles. The first-order valence-electron chi connectivity index (χ1n) is 3.10. The molecule has 0 aliphatic heterocycles. The molecule has 3 heteroatoms. The van der Waals surface area contributed by atoms with E-state index in [0.717, 1.165) is 0 Å². The Morgan fingerprint density at radius 1 is 1.11 bits per heavy atom. The maximum absolute atomic E-state index is 5.28. The van der Waals surface area contributed by atoms with Crippen molar-refractivity contribution < 1.29 is 21.1 Å². The van der Waals surface area contributed by atoms with Gasteiger partial charge in [0.05, 0.1) is 0 Å². The van der Waals surface area contributed by atoms with E-state index in [0.29, 0.717) is 0 Å². The van der Waals surface area contributed by atoms with E-state index in [1.54, 1.807) is 0 Å². The van der Waals surface area contributed by atoms with Crippen LogP contribution in [-0.2, 0) is 33.7 Å². The summed E-state index contributed by atoms with van der Waals surface area (Å²) < 4.78 is 0.232. The van der Waals surface area contributed by atoms with Gasteiger partial charge in [-0.25, -0.2) is 0 Å². The number of alkyl halides is 1. The molecule has 9 heavy (non-hydrogen) atoms. The van der Waals surface area contributed by atoms with Gasteiger partial charge in [0.1, 0.15) is 0 Å². The van der Waals surface area contributed by atoms with E-state index in [2.05, 4.69) is 22.6 Å². The van der Waals surface area contributed by atoms with Gasteiger partial charge in [0.15, 0.2) is 0 Å². The number of halogens is 1. The van der Waals surface area contributed by atoms with Crippen molar-refractivity contribution in [1.82, 2.24) is 0 Å².